The first kappa shape index (κ1) is 31.8. The van der Waals surface area contributed by atoms with Gasteiger partial charge in [0.15, 0.2) is 11.5 Å². The van der Waals surface area contributed by atoms with E-state index in [9.17, 15) is 14.4 Å². The van der Waals surface area contributed by atoms with Crippen molar-refractivity contribution in [3.05, 3.63) is 75.1 Å². The molecule has 6 rings (SSSR count). The van der Waals surface area contributed by atoms with Crippen LogP contribution in [0.2, 0.25) is 0 Å². The molecule has 11 nitrogen and oxygen atoms in total. The molecule has 246 valence electrons. The molecule has 47 heavy (non-hydrogen) atoms. The number of aromatic amines is 1. The van der Waals surface area contributed by atoms with Crippen molar-refractivity contribution in [1.82, 2.24) is 15.6 Å². The van der Waals surface area contributed by atoms with E-state index >= 15 is 0 Å². The summed E-state index contributed by atoms with van der Waals surface area (Å²) < 4.78 is 22.5. The number of rotatable bonds is 9. The van der Waals surface area contributed by atoms with Crippen LogP contribution in [0.15, 0.2) is 47.3 Å². The monoisotopic (exact) mass is 640 g/mol. The van der Waals surface area contributed by atoms with E-state index in [1.165, 1.54) is 18.6 Å². The van der Waals surface area contributed by atoms with Gasteiger partial charge in [-0.1, -0.05) is 6.07 Å². The van der Waals surface area contributed by atoms with Gasteiger partial charge in [0.2, 0.25) is 23.0 Å². The Labute approximate surface area is 272 Å². The van der Waals surface area contributed by atoms with Gasteiger partial charge in [-0.3, -0.25) is 14.4 Å². The second-order valence-electron chi connectivity index (χ2n) is 11.9. The molecule has 4 aromatic rings. The molecule has 1 heterocycles. The molecule has 0 saturated carbocycles. The molecule has 1 aromatic heterocycles. The lowest BCUT2D eigenvalue weighted by atomic mass is 9.91. The van der Waals surface area contributed by atoms with Gasteiger partial charge in [0.05, 0.1) is 52.8 Å². The number of ether oxygens (including phenoxy) is 4. The number of carbonyl (C=O) groups is 2. The first-order valence-corrected chi connectivity index (χ1v) is 15.8. The third-order valence-corrected chi connectivity index (χ3v) is 9.10. The Bertz CT molecular complexity index is 1920. The average molecular weight is 641 g/mol. The quantitative estimate of drug-likeness (QED) is 0.201. The molecule has 0 aliphatic heterocycles. The van der Waals surface area contributed by atoms with Gasteiger partial charge in [-0.15, -0.1) is 0 Å². The number of benzene rings is 2. The fraction of sp³-hybridized carbons (Fsp3) is 0.361. The Morgan fingerprint density at radius 2 is 1.68 bits per heavy atom. The van der Waals surface area contributed by atoms with Crippen LogP contribution in [-0.2, 0) is 22.4 Å². The fourth-order valence-corrected chi connectivity index (χ4v) is 6.99. The lowest BCUT2D eigenvalue weighted by molar-refractivity contribution is -0.120. The zero-order valence-corrected chi connectivity index (χ0v) is 27.3. The minimum Gasteiger partial charge on any atom is -0.497 e. The number of amides is 2. The maximum atomic E-state index is 13.6. The highest BCUT2D eigenvalue weighted by molar-refractivity contribution is 5.88. The molecule has 2 aliphatic rings. The lowest BCUT2D eigenvalue weighted by Gasteiger charge is -2.24. The Balaban J connectivity index is 1.30. The molecule has 0 saturated heterocycles. The molecule has 0 radical (unpaired) electrons. The summed E-state index contributed by atoms with van der Waals surface area (Å²) in [6.07, 6.45) is 3.82. The van der Waals surface area contributed by atoms with Gasteiger partial charge in [-0.25, -0.2) is 0 Å². The third-order valence-electron chi connectivity index (χ3n) is 9.10. The third kappa shape index (κ3) is 6.05. The standard InChI is InChI=1S/C36H40N4O7/c1-19(41)38-26-12-9-20-15-31(45-3)35(46-4)36(47-5)33(20)22-11-14-28(30(42)17-25(22)26)37-18-32(43)39-29-8-6-7-23-24-16-21(44-2)10-13-27(24)40-34(23)29/h10-11,13-17,26,29,40H,6-9,12,18H2,1-5H3,(H,37,42)(H,38,41)(H,39,43). The molecular formula is C36H40N4O7. The first-order chi connectivity index (χ1) is 22.8. The van der Waals surface area contributed by atoms with Crippen LogP contribution in [0, 0.1) is 0 Å². The van der Waals surface area contributed by atoms with Crippen LogP contribution in [-0.4, -0.2) is 51.8 Å². The number of anilines is 1. The van der Waals surface area contributed by atoms with E-state index in [0.717, 1.165) is 52.7 Å². The first-order valence-electron chi connectivity index (χ1n) is 15.8. The van der Waals surface area contributed by atoms with Crippen LogP contribution < -0.4 is 40.3 Å². The zero-order chi connectivity index (χ0) is 33.2. The van der Waals surface area contributed by atoms with Crippen molar-refractivity contribution in [3.63, 3.8) is 0 Å². The number of hydrogen-bond acceptors (Lipinski definition) is 8. The molecule has 2 aliphatic carbocycles. The van der Waals surface area contributed by atoms with E-state index in [-0.39, 0.29) is 35.5 Å². The van der Waals surface area contributed by atoms with Gasteiger partial charge in [-0.2, -0.15) is 0 Å². The van der Waals surface area contributed by atoms with Crippen LogP contribution in [0.4, 0.5) is 5.69 Å². The topological polar surface area (TPSA) is 140 Å². The lowest BCUT2D eigenvalue weighted by Crippen LogP contribution is -2.35. The molecule has 0 spiro atoms. The Hall–Kier alpha value is -5.19. The number of nitrogens with one attached hydrogen (secondary N) is 4. The van der Waals surface area contributed by atoms with Gasteiger partial charge in [0.1, 0.15) is 5.75 Å². The Morgan fingerprint density at radius 1 is 0.872 bits per heavy atom. The van der Waals surface area contributed by atoms with Crippen LogP contribution in [0.5, 0.6) is 23.0 Å². The minimum absolute atomic E-state index is 0.0934. The Kier molecular flexibility index (Phi) is 8.97. The van der Waals surface area contributed by atoms with Gasteiger partial charge in [0.25, 0.3) is 0 Å². The summed E-state index contributed by atoms with van der Waals surface area (Å²) in [5, 5.41) is 10.3. The van der Waals surface area contributed by atoms with Crippen molar-refractivity contribution in [2.24, 2.45) is 0 Å². The number of fused-ring (bicyclic) bond motifs is 6. The number of hydrogen-bond donors (Lipinski definition) is 4. The smallest absolute Gasteiger partial charge is 0.239 e. The number of aromatic nitrogens is 1. The van der Waals surface area contributed by atoms with E-state index in [0.29, 0.717) is 41.2 Å². The molecule has 2 atom stereocenters. The SMILES string of the molecule is COc1ccc2[nH]c3c(c2c1)CCCC3NC(=O)CNc1ccc2c(cc1=O)C(NC(C)=O)CCc1cc(OC)c(OC)c(OC)c1-2. The highest BCUT2D eigenvalue weighted by atomic mass is 16.5. The van der Waals surface area contributed by atoms with Crippen LogP contribution in [0.3, 0.4) is 0 Å². The molecule has 4 N–H and O–H groups in total. The van der Waals surface area contributed by atoms with E-state index in [2.05, 4.69) is 20.9 Å². The largest absolute Gasteiger partial charge is 0.497 e. The predicted octanol–water partition coefficient (Wildman–Crippen LogP) is 4.96. The van der Waals surface area contributed by atoms with E-state index in [1.807, 2.05) is 30.3 Å². The normalized spacial score (nSPS) is 16.5. The number of methoxy groups -OCH3 is 4. The fourth-order valence-electron chi connectivity index (χ4n) is 6.99. The highest BCUT2D eigenvalue weighted by Crippen LogP contribution is 2.50. The second kappa shape index (κ2) is 13.3. The summed E-state index contributed by atoms with van der Waals surface area (Å²) in [5.74, 6) is 1.79. The van der Waals surface area contributed by atoms with Gasteiger partial charge in [-0.05, 0) is 90.8 Å². The molecule has 11 heteroatoms. The zero-order valence-electron chi connectivity index (χ0n) is 27.3. The van der Waals surface area contributed by atoms with Crippen molar-refractivity contribution in [2.45, 2.75) is 51.1 Å². The molecule has 3 aromatic carbocycles. The summed E-state index contributed by atoms with van der Waals surface area (Å²) in [6.45, 7) is 1.36. The van der Waals surface area contributed by atoms with E-state index in [4.69, 9.17) is 18.9 Å². The highest BCUT2D eigenvalue weighted by Gasteiger charge is 2.30. The van der Waals surface area contributed by atoms with Crippen molar-refractivity contribution >= 4 is 28.4 Å². The predicted molar refractivity (Wildman–Crippen MR) is 180 cm³/mol. The summed E-state index contributed by atoms with van der Waals surface area (Å²) in [5.41, 5.74) is 6.23. The van der Waals surface area contributed by atoms with Crippen molar-refractivity contribution in [1.29, 1.82) is 0 Å². The molecular weight excluding hydrogens is 600 g/mol. The summed E-state index contributed by atoms with van der Waals surface area (Å²) >= 11 is 0. The van der Waals surface area contributed by atoms with Gasteiger partial charge >= 0.3 is 0 Å². The van der Waals surface area contributed by atoms with Crippen molar-refractivity contribution in [3.8, 4) is 34.1 Å². The molecule has 0 bridgehead atoms. The van der Waals surface area contributed by atoms with Gasteiger partial charge < -0.3 is 39.9 Å². The molecule has 2 unspecified atom stereocenters. The number of H-pyrrole nitrogens is 1. The molecule has 2 amide bonds. The minimum atomic E-state index is -0.426. The summed E-state index contributed by atoms with van der Waals surface area (Å²) in [4.78, 5) is 42.6. The molecule has 0 fully saturated rings. The second-order valence-corrected chi connectivity index (χ2v) is 11.9. The van der Waals surface area contributed by atoms with Crippen molar-refractivity contribution in [2.75, 3.05) is 40.3 Å². The summed E-state index contributed by atoms with van der Waals surface area (Å²) in [6, 6.07) is 12.3. The van der Waals surface area contributed by atoms with Crippen LogP contribution in [0.1, 0.15) is 60.7 Å². The van der Waals surface area contributed by atoms with Crippen LogP contribution >= 0.6 is 0 Å². The maximum absolute atomic E-state index is 13.6. The van der Waals surface area contributed by atoms with E-state index in [1.54, 1.807) is 34.5 Å². The number of aryl methyl sites for hydroxylation is 2. The number of carbonyl (C=O) groups excluding carboxylic acids is 2. The van der Waals surface area contributed by atoms with E-state index < -0.39 is 6.04 Å². The summed E-state index contributed by atoms with van der Waals surface area (Å²) in [7, 11) is 6.32. The van der Waals surface area contributed by atoms with Crippen LogP contribution in [0.25, 0.3) is 22.0 Å². The Morgan fingerprint density at radius 3 is 2.40 bits per heavy atom. The van der Waals surface area contributed by atoms with Crippen molar-refractivity contribution < 1.29 is 28.5 Å². The average Bonchev–Trinajstić information content (AvgIpc) is 3.29. The maximum Gasteiger partial charge on any atom is 0.239 e. The van der Waals surface area contributed by atoms with Gasteiger partial charge in [0, 0.05) is 29.1 Å².